The summed E-state index contributed by atoms with van der Waals surface area (Å²) in [6, 6.07) is 12.3. The van der Waals surface area contributed by atoms with Gasteiger partial charge in [0.15, 0.2) is 10.9 Å². The van der Waals surface area contributed by atoms with E-state index in [4.69, 9.17) is 12.2 Å². The highest BCUT2D eigenvalue weighted by atomic mass is 32.1. The number of phenolic OH excluding ortho intramolecular Hbond substituents is 1. The van der Waals surface area contributed by atoms with E-state index in [1.54, 1.807) is 30.3 Å². The third-order valence-corrected chi connectivity index (χ3v) is 3.13. The Balaban J connectivity index is 2.10. The van der Waals surface area contributed by atoms with Gasteiger partial charge in [0.25, 0.3) is 0 Å². The molecule has 0 unspecified atom stereocenters. The van der Waals surface area contributed by atoms with Gasteiger partial charge in [-0.3, -0.25) is 4.79 Å². The first-order valence-electron chi connectivity index (χ1n) is 6.44. The molecule has 2 rings (SSSR count). The van der Waals surface area contributed by atoms with Crippen molar-refractivity contribution < 1.29 is 9.90 Å². The molecular formula is C16H16N2O2S. The van der Waals surface area contributed by atoms with Crippen molar-refractivity contribution in [3.05, 3.63) is 53.6 Å². The van der Waals surface area contributed by atoms with E-state index >= 15 is 0 Å². The fourth-order valence-corrected chi connectivity index (χ4v) is 2.08. The van der Waals surface area contributed by atoms with E-state index in [9.17, 15) is 9.90 Å². The summed E-state index contributed by atoms with van der Waals surface area (Å²) in [5.74, 6) is 0.121. The van der Waals surface area contributed by atoms with E-state index in [0.717, 1.165) is 5.56 Å². The molecule has 0 aliphatic carbocycles. The van der Waals surface area contributed by atoms with Crippen LogP contribution in [0.5, 0.6) is 5.75 Å². The fraction of sp³-hybridized carbons (Fsp3) is 0.125. The Hall–Kier alpha value is -2.40. The molecule has 0 atom stereocenters. The van der Waals surface area contributed by atoms with Gasteiger partial charge in [0.2, 0.25) is 0 Å². The van der Waals surface area contributed by atoms with Gasteiger partial charge in [0.1, 0.15) is 5.75 Å². The van der Waals surface area contributed by atoms with Gasteiger partial charge >= 0.3 is 0 Å². The van der Waals surface area contributed by atoms with Gasteiger partial charge in [-0.2, -0.15) is 0 Å². The minimum Gasteiger partial charge on any atom is -0.506 e. The first-order valence-corrected chi connectivity index (χ1v) is 6.85. The van der Waals surface area contributed by atoms with Gasteiger partial charge in [-0.15, -0.1) is 0 Å². The zero-order valence-electron chi connectivity index (χ0n) is 11.8. The minimum atomic E-state index is -0.00569. The number of ketones is 1. The number of benzene rings is 2. The van der Waals surface area contributed by atoms with Crippen LogP contribution in [0.15, 0.2) is 42.5 Å². The number of aryl methyl sites for hydroxylation is 1. The third-order valence-electron chi connectivity index (χ3n) is 2.93. The molecule has 0 amide bonds. The van der Waals surface area contributed by atoms with E-state index in [1.165, 1.54) is 6.92 Å². The molecule has 0 spiro atoms. The van der Waals surface area contributed by atoms with Crippen LogP contribution in [-0.4, -0.2) is 16.0 Å². The van der Waals surface area contributed by atoms with Crippen LogP contribution in [0.4, 0.5) is 11.4 Å². The maximum atomic E-state index is 11.3. The van der Waals surface area contributed by atoms with Crippen molar-refractivity contribution in [1.82, 2.24) is 0 Å². The molecule has 0 saturated heterocycles. The second-order valence-corrected chi connectivity index (χ2v) is 5.14. The average molecular weight is 300 g/mol. The third kappa shape index (κ3) is 4.03. The Morgan fingerprint density at radius 2 is 1.90 bits per heavy atom. The molecule has 3 N–H and O–H groups in total. The number of rotatable bonds is 3. The molecule has 108 valence electrons. The number of carbonyl (C=O) groups is 1. The molecule has 0 heterocycles. The summed E-state index contributed by atoms with van der Waals surface area (Å²) in [7, 11) is 0. The van der Waals surface area contributed by atoms with Gasteiger partial charge in [0.05, 0.1) is 5.69 Å². The van der Waals surface area contributed by atoms with Gasteiger partial charge in [-0.1, -0.05) is 18.2 Å². The van der Waals surface area contributed by atoms with Gasteiger partial charge in [-0.25, -0.2) is 0 Å². The van der Waals surface area contributed by atoms with Crippen molar-refractivity contribution in [2.45, 2.75) is 13.8 Å². The molecule has 0 aromatic heterocycles. The molecule has 5 heteroatoms. The van der Waals surface area contributed by atoms with Crippen molar-refractivity contribution in [1.29, 1.82) is 0 Å². The van der Waals surface area contributed by atoms with E-state index in [-0.39, 0.29) is 11.5 Å². The molecular weight excluding hydrogens is 284 g/mol. The Morgan fingerprint density at radius 3 is 2.62 bits per heavy atom. The molecule has 0 radical (unpaired) electrons. The summed E-state index contributed by atoms with van der Waals surface area (Å²) >= 11 is 5.21. The van der Waals surface area contributed by atoms with Crippen molar-refractivity contribution in [2.24, 2.45) is 0 Å². The van der Waals surface area contributed by atoms with Crippen LogP contribution in [0.2, 0.25) is 0 Å². The van der Waals surface area contributed by atoms with Crippen LogP contribution in [0.25, 0.3) is 0 Å². The molecule has 21 heavy (non-hydrogen) atoms. The molecule has 0 aliphatic heterocycles. The van der Waals surface area contributed by atoms with Gasteiger partial charge in [0, 0.05) is 11.3 Å². The Labute approximate surface area is 128 Å². The lowest BCUT2D eigenvalue weighted by atomic mass is 10.1. The van der Waals surface area contributed by atoms with Crippen LogP contribution in [0, 0.1) is 6.92 Å². The number of nitrogens with one attached hydrogen (secondary N) is 2. The van der Waals surface area contributed by atoms with Crippen LogP contribution >= 0.6 is 12.2 Å². The summed E-state index contributed by atoms with van der Waals surface area (Å²) < 4.78 is 0. The molecule has 0 fully saturated rings. The second kappa shape index (κ2) is 6.37. The van der Waals surface area contributed by atoms with Crippen LogP contribution in [0.3, 0.4) is 0 Å². The predicted molar refractivity (Wildman–Crippen MR) is 89.1 cm³/mol. The molecule has 2 aromatic rings. The smallest absolute Gasteiger partial charge is 0.175 e. The molecule has 0 saturated carbocycles. The fourth-order valence-electron chi connectivity index (χ4n) is 1.85. The predicted octanol–water partition coefficient (Wildman–Crippen LogP) is 3.71. The van der Waals surface area contributed by atoms with Gasteiger partial charge < -0.3 is 15.7 Å². The lowest BCUT2D eigenvalue weighted by Crippen LogP contribution is -2.19. The molecule has 0 bridgehead atoms. The quantitative estimate of drug-likeness (QED) is 0.458. The number of anilines is 2. The molecule has 0 aliphatic rings. The van der Waals surface area contributed by atoms with E-state index < -0.39 is 0 Å². The maximum absolute atomic E-state index is 11.3. The highest BCUT2D eigenvalue weighted by Crippen LogP contribution is 2.24. The van der Waals surface area contributed by atoms with Crippen molar-refractivity contribution >= 4 is 34.5 Å². The Kier molecular flexibility index (Phi) is 4.55. The standard InChI is InChI=1S/C16H16N2O2S/c1-10-6-7-15(20)14(8-10)18-16(21)17-13-5-3-4-12(9-13)11(2)19/h3-9,20H,1-2H3,(H2,17,18,21). The first-order chi connectivity index (χ1) is 9.95. The zero-order chi connectivity index (χ0) is 15.4. The number of hydrogen-bond acceptors (Lipinski definition) is 3. The topological polar surface area (TPSA) is 61.4 Å². The summed E-state index contributed by atoms with van der Waals surface area (Å²) in [5, 5.41) is 16.0. The van der Waals surface area contributed by atoms with Crippen LogP contribution in [-0.2, 0) is 0 Å². The van der Waals surface area contributed by atoms with Crippen molar-refractivity contribution in [3.8, 4) is 5.75 Å². The van der Waals surface area contributed by atoms with E-state index in [0.29, 0.717) is 22.1 Å². The number of hydrogen-bond donors (Lipinski definition) is 3. The zero-order valence-corrected chi connectivity index (χ0v) is 12.6. The lowest BCUT2D eigenvalue weighted by molar-refractivity contribution is 0.101. The number of phenols is 1. The Morgan fingerprint density at radius 1 is 1.14 bits per heavy atom. The second-order valence-electron chi connectivity index (χ2n) is 4.74. The summed E-state index contributed by atoms with van der Waals surface area (Å²) in [4.78, 5) is 11.3. The number of carbonyl (C=O) groups excluding carboxylic acids is 1. The highest BCUT2D eigenvalue weighted by molar-refractivity contribution is 7.80. The highest BCUT2D eigenvalue weighted by Gasteiger charge is 2.05. The molecule has 4 nitrogen and oxygen atoms in total. The molecule has 2 aromatic carbocycles. The summed E-state index contributed by atoms with van der Waals surface area (Å²) in [6.45, 7) is 3.44. The number of aromatic hydroxyl groups is 1. The maximum Gasteiger partial charge on any atom is 0.175 e. The Bertz CT molecular complexity index is 698. The van der Waals surface area contributed by atoms with E-state index in [2.05, 4.69) is 10.6 Å². The van der Waals surface area contributed by atoms with Crippen LogP contribution < -0.4 is 10.6 Å². The van der Waals surface area contributed by atoms with Crippen LogP contribution in [0.1, 0.15) is 22.8 Å². The SMILES string of the molecule is CC(=O)c1cccc(NC(=S)Nc2cc(C)ccc2O)c1. The number of Topliss-reactive ketones (excluding diaryl/α,β-unsaturated/α-hetero) is 1. The van der Waals surface area contributed by atoms with E-state index in [1.807, 2.05) is 19.1 Å². The summed E-state index contributed by atoms with van der Waals surface area (Å²) in [6.07, 6.45) is 0. The lowest BCUT2D eigenvalue weighted by Gasteiger charge is -2.12. The first kappa shape index (κ1) is 15.0. The normalized spacial score (nSPS) is 10.0. The number of thiocarbonyl (C=S) groups is 1. The minimum absolute atomic E-state index is 0.00569. The van der Waals surface area contributed by atoms with Crippen molar-refractivity contribution in [2.75, 3.05) is 10.6 Å². The van der Waals surface area contributed by atoms with Gasteiger partial charge in [-0.05, 0) is 55.9 Å². The van der Waals surface area contributed by atoms with Crippen molar-refractivity contribution in [3.63, 3.8) is 0 Å². The summed E-state index contributed by atoms with van der Waals surface area (Å²) in [5.41, 5.74) is 2.88. The monoisotopic (exact) mass is 300 g/mol. The largest absolute Gasteiger partial charge is 0.506 e. The average Bonchev–Trinajstić information content (AvgIpc) is 2.43.